The van der Waals surface area contributed by atoms with Crippen molar-refractivity contribution >= 4 is 5.91 Å². The molecule has 1 amide bonds. The Hall–Kier alpha value is -1.59. The van der Waals surface area contributed by atoms with Crippen molar-refractivity contribution in [3.63, 3.8) is 0 Å². The molecule has 0 saturated carbocycles. The lowest BCUT2D eigenvalue weighted by molar-refractivity contribution is -0.302. The fourth-order valence-corrected chi connectivity index (χ4v) is 10.0. The predicted octanol–water partition coefficient (Wildman–Crippen LogP) is 15.9. The van der Waals surface area contributed by atoms with Crippen LogP contribution in [-0.2, 0) is 14.3 Å². The highest BCUT2D eigenvalue weighted by atomic mass is 16.7. The van der Waals surface area contributed by atoms with Crippen LogP contribution < -0.4 is 5.32 Å². The van der Waals surface area contributed by atoms with E-state index >= 15 is 0 Å². The first-order chi connectivity index (χ1) is 35.3. The van der Waals surface area contributed by atoms with Crippen molar-refractivity contribution in [2.75, 3.05) is 13.2 Å². The number of aliphatic hydroxyl groups excluding tert-OH is 5. The van der Waals surface area contributed by atoms with Gasteiger partial charge in [0.25, 0.3) is 0 Å². The van der Waals surface area contributed by atoms with E-state index in [4.69, 9.17) is 9.47 Å². The van der Waals surface area contributed by atoms with Gasteiger partial charge in [-0.25, -0.2) is 0 Å². The van der Waals surface area contributed by atoms with Gasteiger partial charge >= 0.3 is 0 Å². The van der Waals surface area contributed by atoms with Crippen LogP contribution in [0.15, 0.2) is 36.5 Å². The molecule has 1 fully saturated rings. The van der Waals surface area contributed by atoms with Gasteiger partial charge in [-0.2, -0.15) is 0 Å². The number of carbonyl (C=O) groups is 1. The highest BCUT2D eigenvalue weighted by Gasteiger charge is 2.44. The summed E-state index contributed by atoms with van der Waals surface area (Å²) in [5, 5.41) is 54.3. The van der Waals surface area contributed by atoms with Crippen LogP contribution in [0.2, 0.25) is 0 Å². The number of hydrogen-bond acceptors (Lipinski definition) is 8. The molecule has 9 heteroatoms. The number of nitrogens with one attached hydrogen (secondary N) is 1. The van der Waals surface area contributed by atoms with Crippen molar-refractivity contribution in [2.24, 2.45) is 0 Å². The van der Waals surface area contributed by atoms with Gasteiger partial charge in [-0.1, -0.05) is 294 Å². The van der Waals surface area contributed by atoms with Crippen LogP contribution in [-0.4, -0.2) is 87.5 Å². The van der Waals surface area contributed by atoms with Gasteiger partial charge in [0.15, 0.2) is 6.29 Å². The van der Waals surface area contributed by atoms with Crippen molar-refractivity contribution in [1.82, 2.24) is 5.32 Å². The van der Waals surface area contributed by atoms with Crippen molar-refractivity contribution in [3.8, 4) is 0 Å². The molecule has 72 heavy (non-hydrogen) atoms. The summed E-state index contributed by atoms with van der Waals surface area (Å²) in [5.41, 5.74) is 0. The quantitative estimate of drug-likeness (QED) is 0.0261. The van der Waals surface area contributed by atoms with Crippen molar-refractivity contribution < 1.29 is 39.8 Å². The van der Waals surface area contributed by atoms with E-state index in [0.717, 1.165) is 51.4 Å². The zero-order valence-electron chi connectivity index (χ0n) is 47.2. The zero-order valence-corrected chi connectivity index (χ0v) is 47.2. The molecular weight excluding hydrogens is 899 g/mol. The maximum atomic E-state index is 13.0. The number of allylic oxidation sites excluding steroid dienone is 5. The molecule has 0 aliphatic carbocycles. The van der Waals surface area contributed by atoms with E-state index in [-0.39, 0.29) is 12.5 Å². The van der Waals surface area contributed by atoms with E-state index in [9.17, 15) is 30.3 Å². The van der Waals surface area contributed by atoms with Crippen LogP contribution in [0.25, 0.3) is 0 Å². The molecule has 1 aliphatic heterocycles. The lowest BCUT2D eigenvalue weighted by atomic mass is 9.99. The van der Waals surface area contributed by atoms with Gasteiger partial charge in [-0.3, -0.25) is 4.79 Å². The topological polar surface area (TPSA) is 149 Å². The minimum atomic E-state index is -1.57. The number of hydrogen-bond donors (Lipinski definition) is 6. The largest absolute Gasteiger partial charge is 0.394 e. The van der Waals surface area contributed by atoms with Gasteiger partial charge in [-0.05, 0) is 38.5 Å². The molecule has 0 aromatic heterocycles. The smallest absolute Gasteiger partial charge is 0.220 e. The number of aliphatic hydroxyl groups is 5. The Morgan fingerprint density at radius 3 is 1.15 bits per heavy atom. The van der Waals surface area contributed by atoms with Gasteiger partial charge in [0.2, 0.25) is 5.91 Å². The number of ether oxygens (including phenoxy) is 2. The Morgan fingerprint density at radius 2 is 0.792 bits per heavy atom. The molecule has 0 radical (unpaired) electrons. The summed E-state index contributed by atoms with van der Waals surface area (Å²) in [6.07, 6.45) is 62.7. The Balaban J connectivity index is 2.03. The summed E-state index contributed by atoms with van der Waals surface area (Å²) in [4.78, 5) is 13.0. The highest BCUT2D eigenvalue weighted by Crippen LogP contribution is 2.23. The van der Waals surface area contributed by atoms with E-state index < -0.39 is 49.5 Å². The molecule has 1 heterocycles. The molecular formula is C63H119NO8. The van der Waals surface area contributed by atoms with E-state index in [1.165, 1.54) is 231 Å². The van der Waals surface area contributed by atoms with Crippen molar-refractivity contribution in [2.45, 2.75) is 346 Å². The fourth-order valence-electron chi connectivity index (χ4n) is 10.0. The SMILES string of the molecule is CCCC/C=C/CC/C=C/CC/C=C/C(O)C(COC1OC(CO)C(O)C(O)C1O)NC(=O)CCCCCCCCCCCCCCCCCCCCCCCCCCCCCCCCCCCCCCC. The minimum absolute atomic E-state index is 0.187. The molecule has 6 N–H and O–H groups in total. The van der Waals surface area contributed by atoms with E-state index in [0.29, 0.717) is 6.42 Å². The highest BCUT2D eigenvalue weighted by molar-refractivity contribution is 5.76. The summed E-state index contributed by atoms with van der Waals surface area (Å²) < 4.78 is 11.2. The molecule has 424 valence electrons. The number of unbranched alkanes of at least 4 members (excludes halogenated alkanes) is 40. The normalized spacial score (nSPS) is 19.3. The first kappa shape index (κ1) is 68.4. The van der Waals surface area contributed by atoms with E-state index in [1.54, 1.807) is 6.08 Å². The van der Waals surface area contributed by atoms with Gasteiger partial charge in [0.05, 0.1) is 25.4 Å². The van der Waals surface area contributed by atoms with Gasteiger partial charge in [-0.15, -0.1) is 0 Å². The average Bonchev–Trinajstić information content (AvgIpc) is 3.38. The Kier molecular flexibility index (Phi) is 50.2. The molecule has 1 aliphatic rings. The van der Waals surface area contributed by atoms with Gasteiger partial charge in [0, 0.05) is 6.42 Å². The van der Waals surface area contributed by atoms with Crippen LogP contribution in [0.1, 0.15) is 303 Å². The maximum absolute atomic E-state index is 13.0. The molecule has 0 bridgehead atoms. The van der Waals surface area contributed by atoms with Crippen LogP contribution >= 0.6 is 0 Å². The number of rotatable bonds is 54. The number of amides is 1. The summed E-state index contributed by atoms with van der Waals surface area (Å²) in [5.74, 6) is -0.187. The maximum Gasteiger partial charge on any atom is 0.220 e. The Morgan fingerprint density at radius 1 is 0.458 bits per heavy atom. The first-order valence-corrected chi connectivity index (χ1v) is 31.2. The van der Waals surface area contributed by atoms with E-state index in [2.05, 4.69) is 43.5 Å². The molecule has 0 aromatic rings. The molecule has 7 unspecified atom stereocenters. The lowest BCUT2D eigenvalue weighted by Gasteiger charge is -2.40. The zero-order chi connectivity index (χ0) is 52.2. The van der Waals surface area contributed by atoms with Crippen molar-refractivity contribution in [1.29, 1.82) is 0 Å². The second kappa shape index (κ2) is 52.8. The fraction of sp³-hybridized carbons (Fsp3) is 0.889. The average molecular weight is 1020 g/mol. The minimum Gasteiger partial charge on any atom is -0.394 e. The van der Waals surface area contributed by atoms with Crippen LogP contribution in [0, 0.1) is 0 Å². The monoisotopic (exact) mass is 1020 g/mol. The summed E-state index contributed by atoms with van der Waals surface area (Å²) in [6, 6.07) is -0.825. The first-order valence-electron chi connectivity index (χ1n) is 31.2. The second-order valence-electron chi connectivity index (χ2n) is 21.8. The molecule has 0 aromatic carbocycles. The molecule has 0 spiro atoms. The molecule has 1 saturated heterocycles. The standard InChI is InChI=1S/C63H119NO8/c1-3-5-7-9-11-13-15-17-18-19-20-21-22-23-24-25-26-27-28-29-30-31-32-33-34-35-36-37-38-39-40-41-43-45-47-49-51-53-59(67)64-56(55-71-63-62(70)61(69)60(68)58(54-65)72-63)57(66)52-50-48-46-44-42-16-14-12-10-8-6-4-2/h10,12,42,44,50,52,56-58,60-63,65-66,68-70H,3-9,11,13-41,43,45-49,51,53-55H2,1-2H3,(H,64,67)/b12-10+,44-42+,52-50+. The third kappa shape index (κ3) is 41.6. The van der Waals surface area contributed by atoms with Crippen LogP contribution in [0.5, 0.6) is 0 Å². The van der Waals surface area contributed by atoms with Gasteiger partial charge < -0.3 is 40.3 Å². The van der Waals surface area contributed by atoms with Gasteiger partial charge in [0.1, 0.15) is 24.4 Å². The third-order valence-electron chi connectivity index (χ3n) is 14.9. The second-order valence-corrected chi connectivity index (χ2v) is 21.8. The molecule has 1 rings (SSSR count). The summed E-state index contributed by atoms with van der Waals surface area (Å²) in [6.45, 7) is 3.73. The van der Waals surface area contributed by atoms with Crippen molar-refractivity contribution in [3.05, 3.63) is 36.5 Å². The third-order valence-corrected chi connectivity index (χ3v) is 14.9. The predicted molar refractivity (Wildman–Crippen MR) is 304 cm³/mol. The summed E-state index contributed by atoms with van der Waals surface area (Å²) in [7, 11) is 0. The van der Waals surface area contributed by atoms with Crippen LogP contribution in [0.3, 0.4) is 0 Å². The molecule has 9 nitrogen and oxygen atoms in total. The Bertz CT molecular complexity index is 1230. The van der Waals surface area contributed by atoms with E-state index in [1.807, 2.05) is 6.08 Å². The molecule has 7 atom stereocenters. The number of carbonyl (C=O) groups excluding carboxylic acids is 1. The lowest BCUT2D eigenvalue weighted by Crippen LogP contribution is -2.60. The Labute approximate surface area is 444 Å². The summed E-state index contributed by atoms with van der Waals surface area (Å²) >= 11 is 0. The van der Waals surface area contributed by atoms with Crippen LogP contribution in [0.4, 0.5) is 0 Å².